The van der Waals surface area contributed by atoms with Crippen molar-refractivity contribution in [1.82, 2.24) is 0 Å². The minimum atomic E-state index is 0.203. The first kappa shape index (κ1) is 11.9. The number of hydrogen-bond donors (Lipinski definition) is 1. The number of phenols is 1. The van der Waals surface area contributed by atoms with E-state index in [2.05, 4.69) is 11.1 Å². The van der Waals surface area contributed by atoms with Gasteiger partial charge >= 0.3 is 0 Å². The van der Waals surface area contributed by atoms with Gasteiger partial charge in [0.15, 0.2) is 0 Å². The third kappa shape index (κ3) is 2.25. The Labute approximate surface area is 105 Å². The molecule has 0 aliphatic heterocycles. The number of nitriles is 1. The van der Waals surface area contributed by atoms with Crippen LogP contribution in [0, 0.1) is 25.2 Å². The Balaban J connectivity index is 2.32. The Morgan fingerprint density at radius 3 is 2.56 bits per heavy atom. The van der Waals surface area contributed by atoms with E-state index in [0.29, 0.717) is 17.2 Å². The summed E-state index contributed by atoms with van der Waals surface area (Å²) >= 11 is 0. The molecule has 1 aromatic carbocycles. The third-order valence-corrected chi connectivity index (χ3v) is 2.70. The Morgan fingerprint density at radius 2 is 1.94 bits per heavy atom. The van der Waals surface area contributed by atoms with Gasteiger partial charge in [0.05, 0.1) is 0 Å². The van der Waals surface area contributed by atoms with Crippen molar-refractivity contribution < 1.29 is 9.52 Å². The van der Waals surface area contributed by atoms with Crippen LogP contribution in [0.15, 0.2) is 33.7 Å². The predicted molar refractivity (Wildman–Crippen MR) is 68.3 cm³/mol. The summed E-state index contributed by atoms with van der Waals surface area (Å²) in [6.45, 7) is 3.63. The summed E-state index contributed by atoms with van der Waals surface area (Å²) in [5.74, 6) is 1.22. The van der Waals surface area contributed by atoms with Gasteiger partial charge in [-0.15, -0.1) is 0 Å². The van der Waals surface area contributed by atoms with Crippen LogP contribution in [0.2, 0.25) is 0 Å². The highest BCUT2D eigenvalue weighted by Gasteiger charge is 2.12. The monoisotopic (exact) mass is 240 g/mol. The molecule has 4 heteroatoms. The first-order valence-corrected chi connectivity index (χ1v) is 5.45. The van der Waals surface area contributed by atoms with Gasteiger partial charge in [-0.3, -0.25) is 0 Å². The number of aryl methyl sites for hydroxylation is 1. The van der Waals surface area contributed by atoms with Crippen LogP contribution in [0.4, 0.5) is 5.88 Å². The zero-order valence-electron chi connectivity index (χ0n) is 10.1. The normalized spacial score (nSPS) is 10.7. The zero-order valence-corrected chi connectivity index (χ0v) is 10.1. The Morgan fingerprint density at radius 1 is 1.28 bits per heavy atom. The smallest absolute Gasteiger partial charge is 0.237 e. The van der Waals surface area contributed by atoms with Crippen LogP contribution in [0.5, 0.6) is 5.75 Å². The molecule has 0 unspecified atom stereocenters. The molecule has 0 saturated heterocycles. The van der Waals surface area contributed by atoms with Crippen LogP contribution >= 0.6 is 0 Å². The molecule has 2 aromatic rings. The fourth-order valence-corrected chi connectivity index (χ4v) is 1.53. The maximum atomic E-state index is 9.16. The highest BCUT2D eigenvalue weighted by molar-refractivity contribution is 5.82. The predicted octanol–water partition coefficient (Wildman–Crippen LogP) is 3.22. The quantitative estimate of drug-likeness (QED) is 0.819. The number of aromatic hydroxyl groups is 1. The minimum absolute atomic E-state index is 0.203. The second-order valence-corrected chi connectivity index (χ2v) is 3.92. The Bertz CT molecular complexity index is 631. The van der Waals surface area contributed by atoms with Crippen molar-refractivity contribution in [2.24, 2.45) is 4.99 Å². The van der Waals surface area contributed by atoms with Crippen LogP contribution in [0.25, 0.3) is 0 Å². The van der Waals surface area contributed by atoms with E-state index in [1.807, 2.05) is 6.92 Å². The summed E-state index contributed by atoms with van der Waals surface area (Å²) in [5, 5.41) is 18.2. The molecule has 0 spiro atoms. The lowest BCUT2D eigenvalue weighted by atomic mass is 10.2. The maximum absolute atomic E-state index is 9.16. The van der Waals surface area contributed by atoms with Crippen molar-refractivity contribution in [3.8, 4) is 11.8 Å². The van der Waals surface area contributed by atoms with Gasteiger partial charge in [-0.1, -0.05) is 0 Å². The lowest BCUT2D eigenvalue weighted by Crippen LogP contribution is -1.79. The van der Waals surface area contributed by atoms with E-state index in [0.717, 1.165) is 11.1 Å². The molecule has 0 bridgehead atoms. The molecule has 0 radical (unpaired) electrons. The lowest BCUT2D eigenvalue weighted by molar-refractivity contribution is 0.475. The number of furan rings is 1. The number of benzene rings is 1. The number of hydrogen-bond acceptors (Lipinski definition) is 4. The van der Waals surface area contributed by atoms with Crippen LogP contribution in [-0.2, 0) is 0 Å². The first-order valence-electron chi connectivity index (χ1n) is 5.45. The van der Waals surface area contributed by atoms with E-state index in [1.54, 1.807) is 37.4 Å². The van der Waals surface area contributed by atoms with Crippen molar-refractivity contribution in [1.29, 1.82) is 5.26 Å². The molecule has 2 rings (SSSR count). The van der Waals surface area contributed by atoms with E-state index in [1.165, 1.54) is 0 Å². The van der Waals surface area contributed by atoms with Gasteiger partial charge in [0, 0.05) is 11.8 Å². The molecule has 0 aliphatic rings. The second-order valence-electron chi connectivity index (χ2n) is 3.92. The van der Waals surface area contributed by atoms with Crippen molar-refractivity contribution in [2.45, 2.75) is 13.8 Å². The summed E-state index contributed by atoms with van der Waals surface area (Å²) in [7, 11) is 0. The maximum Gasteiger partial charge on any atom is 0.237 e. The topological polar surface area (TPSA) is 69.5 Å². The molecule has 0 saturated carbocycles. The Hall–Kier alpha value is -2.54. The molecule has 0 atom stereocenters. The molecule has 18 heavy (non-hydrogen) atoms. The second kappa shape index (κ2) is 4.76. The molecule has 1 aromatic heterocycles. The number of rotatable bonds is 2. The fourth-order valence-electron chi connectivity index (χ4n) is 1.53. The summed E-state index contributed by atoms with van der Waals surface area (Å²) in [4.78, 5) is 4.16. The zero-order chi connectivity index (χ0) is 13.1. The average Bonchev–Trinajstić information content (AvgIpc) is 2.64. The van der Waals surface area contributed by atoms with Crippen LogP contribution in [-0.4, -0.2) is 11.3 Å². The molecular formula is C14H12N2O2. The Kier molecular flexibility index (Phi) is 3.16. The fraction of sp³-hybridized carbons (Fsp3) is 0.143. The third-order valence-electron chi connectivity index (χ3n) is 2.70. The van der Waals surface area contributed by atoms with E-state index >= 15 is 0 Å². The van der Waals surface area contributed by atoms with E-state index in [9.17, 15) is 0 Å². The summed E-state index contributed by atoms with van der Waals surface area (Å²) < 4.78 is 5.41. The molecule has 1 N–H and O–H groups in total. The summed E-state index contributed by atoms with van der Waals surface area (Å²) in [6, 6.07) is 8.69. The van der Waals surface area contributed by atoms with Gasteiger partial charge in [-0.2, -0.15) is 5.26 Å². The van der Waals surface area contributed by atoms with E-state index < -0.39 is 0 Å². The van der Waals surface area contributed by atoms with Crippen molar-refractivity contribution in [2.75, 3.05) is 0 Å². The number of nitrogens with zero attached hydrogens (tertiary/aromatic N) is 2. The molecule has 0 fully saturated rings. The van der Waals surface area contributed by atoms with E-state index in [-0.39, 0.29) is 5.75 Å². The standard InChI is InChI=1S/C14H12N2O2/c1-9-10(2)18-14(13(9)7-15)16-8-11-3-5-12(17)6-4-11/h3-6,8,17H,1-2H3. The van der Waals surface area contributed by atoms with Crippen molar-refractivity contribution in [3.05, 3.63) is 46.7 Å². The minimum Gasteiger partial charge on any atom is -0.508 e. The van der Waals surface area contributed by atoms with Crippen LogP contribution in [0.1, 0.15) is 22.5 Å². The van der Waals surface area contributed by atoms with Gasteiger partial charge in [0.2, 0.25) is 5.88 Å². The largest absolute Gasteiger partial charge is 0.508 e. The lowest BCUT2D eigenvalue weighted by Gasteiger charge is -1.93. The highest BCUT2D eigenvalue weighted by Crippen LogP contribution is 2.27. The summed E-state index contributed by atoms with van der Waals surface area (Å²) in [5.41, 5.74) is 2.10. The van der Waals surface area contributed by atoms with Gasteiger partial charge in [-0.25, -0.2) is 4.99 Å². The van der Waals surface area contributed by atoms with Crippen molar-refractivity contribution in [3.63, 3.8) is 0 Å². The van der Waals surface area contributed by atoms with E-state index in [4.69, 9.17) is 14.8 Å². The molecule has 4 nitrogen and oxygen atoms in total. The number of aliphatic imine (C=N–C) groups is 1. The van der Waals surface area contributed by atoms with Crippen LogP contribution < -0.4 is 0 Å². The molecular weight excluding hydrogens is 228 g/mol. The summed E-state index contributed by atoms with van der Waals surface area (Å²) in [6.07, 6.45) is 1.60. The average molecular weight is 240 g/mol. The van der Waals surface area contributed by atoms with Gasteiger partial charge < -0.3 is 9.52 Å². The van der Waals surface area contributed by atoms with Crippen LogP contribution in [0.3, 0.4) is 0 Å². The molecule has 90 valence electrons. The highest BCUT2D eigenvalue weighted by atomic mass is 16.4. The van der Waals surface area contributed by atoms with Crippen molar-refractivity contribution >= 4 is 12.1 Å². The SMILES string of the molecule is Cc1oc(N=Cc2ccc(O)cc2)c(C#N)c1C. The van der Waals surface area contributed by atoms with Gasteiger partial charge in [0.1, 0.15) is 23.1 Å². The first-order chi connectivity index (χ1) is 8.61. The molecule has 1 heterocycles. The van der Waals surface area contributed by atoms with Gasteiger partial charge in [-0.05, 0) is 43.7 Å². The van der Waals surface area contributed by atoms with Gasteiger partial charge in [0.25, 0.3) is 0 Å². The molecule has 0 aliphatic carbocycles. The molecule has 0 amide bonds. The number of phenolic OH excluding ortho intramolecular Hbond substituents is 1.